The van der Waals surface area contributed by atoms with Crippen LogP contribution in [0.1, 0.15) is 66.1 Å². The molecule has 0 aromatic heterocycles. The Morgan fingerprint density at radius 2 is 1.64 bits per heavy atom. The van der Waals surface area contributed by atoms with E-state index in [1.807, 2.05) is 48.5 Å². The molecule has 3 aromatic rings. The van der Waals surface area contributed by atoms with Gasteiger partial charge in [-0.2, -0.15) is 0 Å². The molecule has 1 saturated carbocycles. The molecule has 4 N–H and O–H groups in total. The number of aliphatic hydroxyl groups excluding tert-OH is 2. The molecule has 0 aliphatic heterocycles. The maximum absolute atomic E-state index is 13.0. The zero-order valence-corrected chi connectivity index (χ0v) is 25.3. The molecule has 0 bridgehead atoms. The lowest BCUT2D eigenvalue weighted by molar-refractivity contribution is 0.0969. The van der Waals surface area contributed by atoms with Crippen molar-refractivity contribution in [2.45, 2.75) is 57.2 Å². The van der Waals surface area contributed by atoms with Gasteiger partial charge < -0.3 is 20.3 Å². The smallest absolute Gasteiger partial charge is 0.268 e. The first-order valence-electron chi connectivity index (χ1n) is 14.3. The molecule has 1 atom stereocenters. The zero-order chi connectivity index (χ0) is 29.1. The van der Waals surface area contributed by atoms with E-state index in [1.54, 1.807) is 12.1 Å². The van der Waals surface area contributed by atoms with Crippen LogP contribution in [0.4, 0.5) is 0 Å². The number of hydrogen-bond acceptors (Lipinski definition) is 7. The van der Waals surface area contributed by atoms with E-state index in [-0.39, 0.29) is 42.9 Å². The van der Waals surface area contributed by atoms with Gasteiger partial charge in [0.2, 0.25) is 10.0 Å². The molecule has 0 radical (unpaired) electrons. The number of sulfonamides is 1. The number of nitrogens with one attached hydrogen (secondary N) is 2. The molecule has 3 aromatic carbocycles. The number of rotatable bonds is 14. The molecule has 4 rings (SSSR count). The Bertz CT molecular complexity index is 1360. The van der Waals surface area contributed by atoms with Crippen molar-refractivity contribution < 1.29 is 28.2 Å². The van der Waals surface area contributed by atoms with Crippen molar-refractivity contribution in [3.63, 3.8) is 0 Å². The summed E-state index contributed by atoms with van der Waals surface area (Å²) >= 11 is 0. The molecule has 1 amide bonds. The van der Waals surface area contributed by atoms with E-state index < -0.39 is 22.0 Å². The summed E-state index contributed by atoms with van der Waals surface area (Å²) in [6.45, 7) is 0.939. The molecule has 1 aliphatic carbocycles. The Morgan fingerprint density at radius 1 is 0.952 bits per heavy atom. The van der Waals surface area contributed by atoms with E-state index in [0.717, 1.165) is 67.3 Å². The lowest BCUT2D eigenvalue weighted by Crippen LogP contribution is -2.33. The fraction of sp³-hybridized carbons (Fsp3) is 0.406. The maximum Gasteiger partial charge on any atom is 0.268 e. The average Bonchev–Trinajstić information content (AvgIpc) is 2.99. The Morgan fingerprint density at radius 3 is 2.33 bits per heavy atom. The normalized spacial score (nSPS) is 14.5. The molecular weight excluding hydrogens is 576 g/mol. The molecular formula is C32H41ClN2O6S. The summed E-state index contributed by atoms with van der Waals surface area (Å²) in [5.41, 5.74) is 4.04. The van der Waals surface area contributed by atoms with Crippen LogP contribution in [-0.2, 0) is 16.4 Å². The van der Waals surface area contributed by atoms with Crippen LogP contribution in [0.15, 0.2) is 72.8 Å². The Kier molecular flexibility index (Phi) is 13.3. The Labute approximate surface area is 255 Å². The number of halogens is 1. The molecule has 10 heteroatoms. The van der Waals surface area contributed by atoms with E-state index >= 15 is 0 Å². The first-order chi connectivity index (χ1) is 19.8. The van der Waals surface area contributed by atoms with Crippen molar-refractivity contribution >= 4 is 28.3 Å². The van der Waals surface area contributed by atoms with Crippen LogP contribution in [0.25, 0.3) is 11.1 Å². The fourth-order valence-corrected chi connectivity index (χ4v) is 5.98. The predicted octanol–water partition coefficient (Wildman–Crippen LogP) is 4.79. The van der Waals surface area contributed by atoms with E-state index in [1.165, 1.54) is 0 Å². The van der Waals surface area contributed by atoms with Crippen molar-refractivity contribution in [1.29, 1.82) is 0 Å². The molecule has 0 unspecified atom stereocenters. The fourth-order valence-electron chi connectivity index (χ4n) is 4.98. The van der Waals surface area contributed by atoms with Crippen molar-refractivity contribution in [1.82, 2.24) is 10.0 Å². The van der Waals surface area contributed by atoms with Gasteiger partial charge in [0.15, 0.2) is 0 Å². The number of ether oxygens (including phenoxy) is 1. The number of carbonyl (C=O) groups is 1. The van der Waals surface area contributed by atoms with Gasteiger partial charge in [-0.15, -0.1) is 12.4 Å². The largest absolute Gasteiger partial charge is 0.490 e. The number of hydrogen-bond donors (Lipinski definition) is 4. The summed E-state index contributed by atoms with van der Waals surface area (Å²) in [7, 11) is -3.87. The standard InChI is InChI=1S/C32H40N2O6S.ClH/c35-20-7-21-41(38,39)34-32(37)29-17-16-27(22-31(29)40-28-10-5-2-6-11-28)25-14-12-24(13-15-25)18-19-33-23-30(36)26-8-3-1-4-9-26;/h1,3-4,8-9,12-17,22,28,30,33,35-36H,2,5-7,10-11,18-21,23H2,(H,34,37);1H/t30-;/m0./s1. The first-order valence-corrected chi connectivity index (χ1v) is 16.0. The van der Waals surface area contributed by atoms with Gasteiger partial charge in [0.1, 0.15) is 5.75 Å². The van der Waals surface area contributed by atoms with Gasteiger partial charge in [-0.3, -0.25) is 4.79 Å². The van der Waals surface area contributed by atoms with E-state index in [2.05, 4.69) is 22.2 Å². The van der Waals surface area contributed by atoms with Crippen molar-refractivity contribution in [2.75, 3.05) is 25.4 Å². The summed E-state index contributed by atoms with van der Waals surface area (Å²) in [6.07, 6.45) is 5.35. The first kappa shape index (κ1) is 33.6. The van der Waals surface area contributed by atoms with Crippen LogP contribution in [-0.4, -0.2) is 56.1 Å². The second-order valence-electron chi connectivity index (χ2n) is 10.5. The highest BCUT2D eigenvalue weighted by Gasteiger charge is 2.23. The van der Waals surface area contributed by atoms with Gasteiger partial charge in [-0.05, 0) is 79.5 Å². The molecule has 0 heterocycles. The molecule has 0 spiro atoms. The van der Waals surface area contributed by atoms with E-state index in [0.29, 0.717) is 12.3 Å². The third-order valence-corrected chi connectivity index (χ3v) is 8.61. The summed E-state index contributed by atoms with van der Waals surface area (Å²) in [5.74, 6) is -0.697. The van der Waals surface area contributed by atoms with Crippen LogP contribution < -0.4 is 14.8 Å². The van der Waals surface area contributed by atoms with Crippen LogP contribution in [0.5, 0.6) is 5.75 Å². The third kappa shape index (κ3) is 10.1. The van der Waals surface area contributed by atoms with Gasteiger partial charge in [-0.25, -0.2) is 13.1 Å². The summed E-state index contributed by atoms with van der Waals surface area (Å²) < 4.78 is 33.0. The van der Waals surface area contributed by atoms with Gasteiger partial charge in [-0.1, -0.05) is 67.1 Å². The van der Waals surface area contributed by atoms with Crippen LogP contribution in [0.3, 0.4) is 0 Å². The number of amides is 1. The SMILES string of the molecule is Cl.O=C(NS(=O)(=O)CCCO)c1ccc(-c2ccc(CCNC[C@H](O)c3ccccc3)cc2)cc1OC1CCCCC1. The lowest BCUT2D eigenvalue weighted by atomic mass is 9.97. The highest BCUT2D eigenvalue weighted by molar-refractivity contribution is 7.90. The molecule has 8 nitrogen and oxygen atoms in total. The van der Waals surface area contributed by atoms with Crippen LogP contribution in [0, 0.1) is 0 Å². The molecule has 1 fully saturated rings. The minimum absolute atomic E-state index is 0. The quantitative estimate of drug-likeness (QED) is 0.192. The third-order valence-electron chi connectivity index (χ3n) is 7.29. The van der Waals surface area contributed by atoms with Gasteiger partial charge in [0.05, 0.1) is 23.5 Å². The number of carbonyl (C=O) groups excluding carboxylic acids is 1. The average molecular weight is 617 g/mol. The van der Waals surface area contributed by atoms with Crippen LogP contribution >= 0.6 is 12.4 Å². The van der Waals surface area contributed by atoms with Gasteiger partial charge >= 0.3 is 0 Å². The summed E-state index contributed by atoms with van der Waals surface area (Å²) in [4.78, 5) is 13.0. The predicted molar refractivity (Wildman–Crippen MR) is 168 cm³/mol. The van der Waals surface area contributed by atoms with Gasteiger partial charge in [0.25, 0.3) is 5.91 Å². The Hall–Kier alpha value is -2.95. The minimum Gasteiger partial charge on any atom is -0.490 e. The van der Waals surface area contributed by atoms with Gasteiger partial charge in [0, 0.05) is 13.2 Å². The summed E-state index contributed by atoms with van der Waals surface area (Å²) in [5, 5.41) is 22.6. The molecule has 42 heavy (non-hydrogen) atoms. The maximum atomic E-state index is 13.0. The number of aliphatic hydroxyl groups is 2. The lowest BCUT2D eigenvalue weighted by Gasteiger charge is -2.24. The molecule has 228 valence electrons. The zero-order valence-electron chi connectivity index (χ0n) is 23.7. The second-order valence-corrected chi connectivity index (χ2v) is 12.3. The monoisotopic (exact) mass is 616 g/mol. The minimum atomic E-state index is -3.87. The Balaban J connectivity index is 0.00000484. The van der Waals surface area contributed by atoms with Crippen molar-refractivity contribution in [3.05, 3.63) is 89.5 Å². The second kappa shape index (κ2) is 16.6. The van der Waals surface area contributed by atoms with E-state index in [9.17, 15) is 18.3 Å². The van der Waals surface area contributed by atoms with Crippen molar-refractivity contribution in [3.8, 4) is 16.9 Å². The summed E-state index contributed by atoms with van der Waals surface area (Å²) in [6, 6.07) is 23.0. The highest BCUT2D eigenvalue weighted by atomic mass is 35.5. The highest BCUT2D eigenvalue weighted by Crippen LogP contribution is 2.31. The topological polar surface area (TPSA) is 125 Å². The molecule has 1 aliphatic rings. The molecule has 0 saturated heterocycles. The van der Waals surface area contributed by atoms with Crippen LogP contribution in [0.2, 0.25) is 0 Å². The van der Waals surface area contributed by atoms with E-state index in [4.69, 9.17) is 9.84 Å². The van der Waals surface area contributed by atoms with Crippen molar-refractivity contribution in [2.24, 2.45) is 0 Å². The number of benzene rings is 3.